The molecule has 0 unspecified atom stereocenters. The molecule has 2 amide bonds. The fraction of sp³-hybridized carbons (Fsp3) is 0.261. The molecule has 30 heavy (non-hydrogen) atoms. The van der Waals surface area contributed by atoms with Gasteiger partial charge in [0.05, 0.1) is 18.1 Å². The van der Waals surface area contributed by atoms with Crippen LogP contribution in [0.15, 0.2) is 59.7 Å². The Labute approximate surface area is 183 Å². The minimum Gasteiger partial charge on any atom is -0.489 e. The van der Waals surface area contributed by atoms with Crippen molar-refractivity contribution in [1.82, 2.24) is 5.01 Å². The summed E-state index contributed by atoms with van der Waals surface area (Å²) < 4.78 is 5.76. The molecule has 0 spiro atoms. The zero-order valence-corrected chi connectivity index (χ0v) is 17.4. The summed E-state index contributed by atoms with van der Waals surface area (Å²) >= 11 is 12.1. The van der Waals surface area contributed by atoms with Gasteiger partial charge in [-0.15, -0.1) is 0 Å². The minimum absolute atomic E-state index is 0.183. The number of hydrogen-bond acceptors (Lipinski definition) is 4. The number of carbonyl (C=O) groups is 2. The third-order valence-corrected chi connectivity index (χ3v) is 6.65. The van der Waals surface area contributed by atoms with Gasteiger partial charge in [-0.3, -0.25) is 9.59 Å². The second-order valence-electron chi connectivity index (χ2n) is 7.83. The van der Waals surface area contributed by atoms with E-state index in [0.717, 1.165) is 22.6 Å². The summed E-state index contributed by atoms with van der Waals surface area (Å²) in [5, 5.41) is 6.37. The van der Waals surface area contributed by atoms with Crippen LogP contribution in [0.5, 0.6) is 5.75 Å². The van der Waals surface area contributed by atoms with Crippen molar-refractivity contribution >= 4 is 41.2 Å². The van der Waals surface area contributed by atoms with E-state index in [-0.39, 0.29) is 35.5 Å². The Kier molecular flexibility index (Phi) is 4.88. The van der Waals surface area contributed by atoms with Gasteiger partial charge in [-0.2, -0.15) is 10.1 Å². The monoisotopic (exact) mass is 440 g/mol. The lowest BCUT2D eigenvalue weighted by Gasteiger charge is -2.13. The van der Waals surface area contributed by atoms with Crippen molar-refractivity contribution in [2.24, 2.45) is 28.8 Å². The van der Waals surface area contributed by atoms with E-state index in [2.05, 4.69) is 17.3 Å². The Bertz CT molecular complexity index is 1050. The molecule has 5 rings (SSSR count). The van der Waals surface area contributed by atoms with E-state index in [1.807, 2.05) is 18.2 Å². The average Bonchev–Trinajstić information content (AvgIpc) is 3.41. The van der Waals surface area contributed by atoms with E-state index in [1.54, 1.807) is 24.3 Å². The summed E-state index contributed by atoms with van der Waals surface area (Å²) in [6, 6.07) is 12.5. The van der Waals surface area contributed by atoms with Gasteiger partial charge in [-0.05, 0) is 60.2 Å². The zero-order valence-electron chi connectivity index (χ0n) is 15.9. The van der Waals surface area contributed by atoms with Crippen LogP contribution in [0.1, 0.15) is 17.5 Å². The smallest absolute Gasteiger partial charge is 0.254 e. The molecule has 5 nitrogen and oxygen atoms in total. The number of carbonyl (C=O) groups excluding carboxylic acids is 2. The second-order valence-corrected chi connectivity index (χ2v) is 8.67. The molecule has 0 N–H and O–H groups in total. The number of imide groups is 1. The lowest BCUT2D eigenvalue weighted by Crippen LogP contribution is -2.28. The fourth-order valence-corrected chi connectivity index (χ4v) is 5.04. The average molecular weight is 441 g/mol. The van der Waals surface area contributed by atoms with Crippen molar-refractivity contribution in [3.63, 3.8) is 0 Å². The van der Waals surface area contributed by atoms with Crippen molar-refractivity contribution in [3.05, 3.63) is 75.8 Å². The zero-order chi connectivity index (χ0) is 20.8. The van der Waals surface area contributed by atoms with E-state index in [0.29, 0.717) is 22.4 Å². The molecule has 0 aromatic heterocycles. The molecule has 2 fully saturated rings. The third kappa shape index (κ3) is 3.32. The molecule has 1 heterocycles. The Morgan fingerprint density at radius 2 is 1.67 bits per heavy atom. The summed E-state index contributed by atoms with van der Waals surface area (Å²) in [5.41, 5.74) is 1.61. The number of halogens is 2. The molecule has 152 valence electrons. The van der Waals surface area contributed by atoms with E-state index in [1.165, 1.54) is 6.21 Å². The highest BCUT2D eigenvalue weighted by Gasteiger charge is 2.59. The SMILES string of the molecule is O=C1[C@@H]2[C@H](C(=O)N1N=Cc1ccc(OCc3ccc(Cl)cc3Cl)cc1)[C@H]1C=C[C@H]2C1. The molecular weight excluding hydrogens is 423 g/mol. The molecule has 2 aliphatic carbocycles. The summed E-state index contributed by atoms with van der Waals surface area (Å²) in [6.45, 7) is 0.319. The number of ether oxygens (including phenoxy) is 1. The molecule has 1 aliphatic heterocycles. The lowest BCUT2D eigenvalue weighted by atomic mass is 9.85. The van der Waals surface area contributed by atoms with Gasteiger partial charge >= 0.3 is 0 Å². The van der Waals surface area contributed by atoms with Crippen LogP contribution in [0.2, 0.25) is 10.0 Å². The Morgan fingerprint density at radius 1 is 1.00 bits per heavy atom. The number of fused-ring (bicyclic) bond motifs is 5. The van der Waals surface area contributed by atoms with Crippen LogP contribution in [0.3, 0.4) is 0 Å². The van der Waals surface area contributed by atoms with Crippen molar-refractivity contribution in [1.29, 1.82) is 0 Å². The van der Waals surface area contributed by atoms with Gasteiger partial charge in [0.25, 0.3) is 11.8 Å². The van der Waals surface area contributed by atoms with Gasteiger partial charge in [0.2, 0.25) is 0 Å². The summed E-state index contributed by atoms with van der Waals surface area (Å²) in [6.07, 6.45) is 6.58. The van der Waals surface area contributed by atoms with Gasteiger partial charge in [-0.25, -0.2) is 0 Å². The first-order chi connectivity index (χ1) is 14.5. The highest BCUT2D eigenvalue weighted by atomic mass is 35.5. The molecule has 1 saturated carbocycles. The summed E-state index contributed by atoms with van der Waals surface area (Å²) in [5.74, 6) is 0.198. The molecule has 7 heteroatoms. The molecule has 0 radical (unpaired) electrons. The maximum absolute atomic E-state index is 12.6. The molecule has 2 aromatic rings. The maximum Gasteiger partial charge on any atom is 0.254 e. The third-order valence-electron chi connectivity index (χ3n) is 6.06. The predicted molar refractivity (Wildman–Crippen MR) is 114 cm³/mol. The second kappa shape index (κ2) is 7.56. The lowest BCUT2D eigenvalue weighted by molar-refractivity contribution is -0.140. The summed E-state index contributed by atoms with van der Waals surface area (Å²) in [7, 11) is 0. The van der Waals surface area contributed by atoms with Gasteiger partial charge < -0.3 is 4.74 Å². The summed E-state index contributed by atoms with van der Waals surface area (Å²) in [4.78, 5) is 25.3. The van der Waals surface area contributed by atoms with Crippen molar-refractivity contribution in [2.75, 3.05) is 0 Å². The Balaban J connectivity index is 1.23. The van der Waals surface area contributed by atoms with Crippen molar-refractivity contribution in [2.45, 2.75) is 13.0 Å². The normalized spacial score (nSPS) is 26.8. The molecule has 4 atom stereocenters. The number of amides is 2. The maximum atomic E-state index is 12.6. The molecule has 1 saturated heterocycles. The quantitative estimate of drug-likeness (QED) is 0.384. The molecule has 3 aliphatic rings. The molecule has 2 bridgehead atoms. The van der Waals surface area contributed by atoms with Crippen molar-refractivity contribution < 1.29 is 14.3 Å². The number of nitrogens with zero attached hydrogens (tertiary/aromatic N) is 2. The first kappa shape index (κ1) is 19.3. The van der Waals surface area contributed by atoms with Crippen LogP contribution in [0, 0.1) is 23.7 Å². The Morgan fingerprint density at radius 3 is 2.30 bits per heavy atom. The first-order valence-electron chi connectivity index (χ1n) is 9.78. The number of allylic oxidation sites excluding steroid dienone is 2. The molecular formula is C23H18Cl2N2O3. The number of hydrogen-bond donors (Lipinski definition) is 0. The van der Waals surface area contributed by atoms with E-state index in [4.69, 9.17) is 27.9 Å². The van der Waals surface area contributed by atoms with Crippen LogP contribution < -0.4 is 4.74 Å². The minimum atomic E-state index is -0.236. The topological polar surface area (TPSA) is 59.0 Å². The highest BCUT2D eigenvalue weighted by molar-refractivity contribution is 6.35. The van der Waals surface area contributed by atoms with E-state index < -0.39 is 0 Å². The molecule has 2 aromatic carbocycles. The van der Waals surface area contributed by atoms with Crippen molar-refractivity contribution in [3.8, 4) is 5.75 Å². The highest BCUT2D eigenvalue weighted by Crippen LogP contribution is 2.52. The van der Waals surface area contributed by atoms with Crippen LogP contribution in [0.4, 0.5) is 0 Å². The number of hydrazone groups is 1. The van der Waals surface area contributed by atoms with Gasteiger partial charge in [0.1, 0.15) is 12.4 Å². The first-order valence-corrected chi connectivity index (χ1v) is 10.5. The van der Waals surface area contributed by atoms with Gasteiger partial charge in [0, 0.05) is 15.6 Å². The van der Waals surface area contributed by atoms with Crippen LogP contribution in [-0.4, -0.2) is 23.0 Å². The number of rotatable bonds is 5. The standard InChI is InChI=1S/C23H18Cl2N2O3/c24-17-6-5-16(19(25)10-17)12-30-18-7-1-13(2-8-18)11-26-27-22(28)20-14-3-4-15(9-14)21(20)23(27)29/h1-8,10-11,14-15,20-21H,9,12H2/t14-,15-,20-,21+/m0/s1. The van der Waals surface area contributed by atoms with Gasteiger partial charge in [0.15, 0.2) is 0 Å². The Hall–Kier alpha value is -2.63. The predicted octanol–water partition coefficient (Wildman–Crippen LogP) is 4.71. The van der Waals surface area contributed by atoms with Gasteiger partial charge in [-0.1, -0.05) is 41.4 Å². The van der Waals surface area contributed by atoms with E-state index >= 15 is 0 Å². The largest absolute Gasteiger partial charge is 0.489 e. The van der Waals surface area contributed by atoms with Crippen LogP contribution in [-0.2, 0) is 16.2 Å². The van der Waals surface area contributed by atoms with Crippen LogP contribution in [0.25, 0.3) is 0 Å². The number of benzene rings is 2. The fourth-order valence-electron chi connectivity index (χ4n) is 4.57. The van der Waals surface area contributed by atoms with Crippen LogP contribution >= 0.6 is 23.2 Å². The van der Waals surface area contributed by atoms with E-state index in [9.17, 15) is 9.59 Å².